The molecule has 0 radical (unpaired) electrons. The van der Waals surface area contributed by atoms with Crippen molar-refractivity contribution in [2.24, 2.45) is 11.3 Å². The molecule has 102 valence electrons. The van der Waals surface area contributed by atoms with Crippen LogP contribution in [0.4, 0.5) is 0 Å². The highest BCUT2D eigenvalue weighted by molar-refractivity contribution is 4.87. The second-order valence-electron chi connectivity index (χ2n) is 6.73. The molecule has 0 heterocycles. The first-order chi connectivity index (χ1) is 7.86. The van der Waals surface area contributed by atoms with Crippen molar-refractivity contribution >= 4 is 0 Å². The second-order valence-corrected chi connectivity index (χ2v) is 6.73. The molecule has 1 saturated carbocycles. The monoisotopic (exact) mass is 240 g/mol. The van der Waals surface area contributed by atoms with Gasteiger partial charge >= 0.3 is 0 Å². The van der Waals surface area contributed by atoms with Gasteiger partial charge in [0.05, 0.1) is 0 Å². The summed E-state index contributed by atoms with van der Waals surface area (Å²) in [4.78, 5) is 2.67. The first-order valence-electron chi connectivity index (χ1n) is 7.34. The van der Waals surface area contributed by atoms with Gasteiger partial charge in [-0.1, -0.05) is 20.8 Å². The first-order valence-corrected chi connectivity index (χ1v) is 7.34. The Balaban J connectivity index is 2.50. The maximum Gasteiger partial charge on any atom is 0.0102 e. The second kappa shape index (κ2) is 6.19. The molecule has 1 atom stereocenters. The topological polar surface area (TPSA) is 15.3 Å². The number of nitrogens with one attached hydrogen (secondary N) is 1. The predicted molar refractivity (Wildman–Crippen MR) is 76.4 cm³/mol. The highest BCUT2D eigenvalue weighted by Crippen LogP contribution is 2.32. The van der Waals surface area contributed by atoms with Gasteiger partial charge in [-0.25, -0.2) is 0 Å². The van der Waals surface area contributed by atoms with Crippen molar-refractivity contribution in [3.8, 4) is 0 Å². The summed E-state index contributed by atoms with van der Waals surface area (Å²) in [5.74, 6) is 0.989. The smallest absolute Gasteiger partial charge is 0.0102 e. The third-order valence-corrected chi connectivity index (χ3v) is 4.21. The molecule has 1 N–H and O–H groups in total. The quantitative estimate of drug-likeness (QED) is 0.701. The van der Waals surface area contributed by atoms with Crippen LogP contribution < -0.4 is 5.32 Å². The molecule has 17 heavy (non-hydrogen) atoms. The lowest BCUT2D eigenvalue weighted by Gasteiger charge is -2.39. The average Bonchev–Trinajstić information content (AvgIpc) is 3.00. The van der Waals surface area contributed by atoms with Gasteiger partial charge in [0.25, 0.3) is 0 Å². The Morgan fingerprint density at radius 1 is 1.24 bits per heavy atom. The zero-order valence-electron chi connectivity index (χ0n) is 12.7. The Labute approximate surface area is 108 Å². The zero-order valence-corrected chi connectivity index (χ0v) is 12.7. The molecule has 1 aliphatic rings. The van der Waals surface area contributed by atoms with E-state index in [0.717, 1.165) is 12.5 Å². The lowest BCUT2D eigenvalue weighted by molar-refractivity contribution is 0.113. The van der Waals surface area contributed by atoms with Gasteiger partial charge in [0.1, 0.15) is 0 Å². The summed E-state index contributed by atoms with van der Waals surface area (Å²) in [6.45, 7) is 17.5. The lowest BCUT2D eigenvalue weighted by Crippen LogP contribution is -2.48. The van der Waals surface area contributed by atoms with Gasteiger partial charge in [0.2, 0.25) is 0 Å². The van der Waals surface area contributed by atoms with E-state index in [1.54, 1.807) is 0 Å². The minimum atomic E-state index is 0.342. The van der Waals surface area contributed by atoms with Crippen molar-refractivity contribution in [2.75, 3.05) is 19.6 Å². The Hall–Kier alpha value is -0.0800. The molecule has 0 aromatic carbocycles. The van der Waals surface area contributed by atoms with E-state index in [0.29, 0.717) is 17.5 Å². The maximum atomic E-state index is 3.57. The summed E-state index contributed by atoms with van der Waals surface area (Å²) < 4.78 is 0. The largest absolute Gasteiger partial charge is 0.314 e. The molecule has 0 saturated heterocycles. The average molecular weight is 240 g/mol. The highest BCUT2D eigenvalue weighted by Gasteiger charge is 2.32. The van der Waals surface area contributed by atoms with Crippen LogP contribution in [-0.2, 0) is 0 Å². The van der Waals surface area contributed by atoms with E-state index >= 15 is 0 Å². The number of nitrogens with zero attached hydrogens (tertiary/aromatic N) is 1. The summed E-state index contributed by atoms with van der Waals surface area (Å²) in [6.07, 6.45) is 2.90. The fourth-order valence-electron chi connectivity index (χ4n) is 2.33. The minimum Gasteiger partial charge on any atom is -0.314 e. The van der Waals surface area contributed by atoms with E-state index in [1.807, 2.05) is 0 Å². The number of hydrogen-bond donors (Lipinski definition) is 1. The number of rotatable bonds is 8. The van der Waals surface area contributed by atoms with Crippen molar-refractivity contribution in [3.05, 3.63) is 0 Å². The highest BCUT2D eigenvalue weighted by atomic mass is 15.2. The molecule has 0 bridgehead atoms. The molecule has 1 fully saturated rings. The third-order valence-electron chi connectivity index (χ3n) is 4.21. The van der Waals surface area contributed by atoms with Gasteiger partial charge in [0.15, 0.2) is 0 Å². The van der Waals surface area contributed by atoms with Gasteiger partial charge < -0.3 is 10.2 Å². The molecule has 0 amide bonds. The van der Waals surface area contributed by atoms with Gasteiger partial charge in [-0.15, -0.1) is 0 Å². The first kappa shape index (κ1) is 15.0. The van der Waals surface area contributed by atoms with Crippen LogP contribution in [0.5, 0.6) is 0 Å². The van der Waals surface area contributed by atoms with Crippen molar-refractivity contribution in [1.29, 1.82) is 0 Å². The molecule has 1 unspecified atom stereocenters. The Morgan fingerprint density at radius 3 is 2.24 bits per heavy atom. The minimum absolute atomic E-state index is 0.342. The molecular formula is C15H32N2. The van der Waals surface area contributed by atoms with Gasteiger partial charge in [-0.05, 0) is 51.5 Å². The molecule has 0 spiro atoms. The summed E-state index contributed by atoms with van der Waals surface area (Å²) in [5.41, 5.74) is 0.342. The molecular weight excluding hydrogens is 208 g/mol. The van der Waals surface area contributed by atoms with Crippen LogP contribution in [0.2, 0.25) is 0 Å². The SMILES string of the molecule is CCNC(C)C(C)(C)CN(CC1CC1)C(C)C. The Bertz CT molecular complexity index is 219. The van der Waals surface area contributed by atoms with E-state index in [4.69, 9.17) is 0 Å². The van der Waals surface area contributed by atoms with Gasteiger partial charge in [-0.3, -0.25) is 0 Å². The van der Waals surface area contributed by atoms with Crippen molar-refractivity contribution in [3.63, 3.8) is 0 Å². The van der Waals surface area contributed by atoms with Gasteiger partial charge in [0, 0.05) is 25.2 Å². The van der Waals surface area contributed by atoms with Crippen molar-refractivity contribution < 1.29 is 0 Å². The van der Waals surface area contributed by atoms with E-state index in [9.17, 15) is 0 Å². The van der Waals surface area contributed by atoms with Crippen LogP contribution in [-0.4, -0.2) is 36.6 Å². The van der Waals surface area contributed by atoms with Crippen LogP contribution in [0, 0.1) is 11.3 Å². The molecule has 2 nitrogen and oxygen atoms in total. The van der Waals surface area contributed by atoms with E-state index in [1.165, 1.54) is 25.9 Å². The third kappa shape index (κ3) is 4.97. The van der Waals surface area contributed by atoms with Crippen LogP contribution in [0.1, 0.15) is 54.4 Å². The summed E-state index contributed by atoms with van der Waals surface area (Å²) in [5, 5.41) is 3.57. The van der Waals surface area contributed by atoms with Crippen LogP contribution in [0.25, 0.3) is 0 Å². The predicted octanol–water partition coefficient (Wildman–Crippen LogP) is 3.13. The van der Waals surface area contributed by atoms with E-state index in [2.05, 4.69) is 51.8 Å². The fraction of sp³-hybridized carbons (Fsp3) is 1.00. The molecule has 0 aromatic heterocycles. The molecule has 0 aliphatic heterocycles. The van der Waals surface area contributed by atoms with Crippen molar-refractivity contribution in [2.45, 2.75) is 66.5 Å². The maximum absolute atomic E-state index is 3.57. The fourth-order valence-corrected chi connectivity index (χ4v) is 2.33. The van der Waals surface area contributed by atoms with Gasteiger partial charge in [-0.2, -0.15) is 0 Å². The molecule has 2 heteroatoms. The normalized spacial score (nSPS) is 19.1. The summed E-state index contributed by atoms with van der Waals surface area (Å²) >= 11 is 0. The lowest BCUT2D eigenvalue weighted by atomic mass is 9.84. The summed E-state index contributed by atoms with van der Waals surface area (Å²) in [6, 6.07) is 1.25. The molecule has 1 rings (SSSR count). The molecule has 1 aliphatic carbocycles. The van der Waals surface area contributed by atoms with Crippen LogP contribution in [0.15, 0.2) is 0 Å². The van der Waals surface area contributed by atoms with Crippen molar-refractivity contribution in [1.82, 2.24) is 10.2 Å². The summed E-state index contributed by atoms with van der Waals surface area (Å²) in [7, 11) is 0. The molecule has 0 aromatic rings. The zero-order chi connectivity index (χ0) is 13.1. The van der Waals surface area contributed by atoms with E-state index < -0.39 is 0 Å². The Morgan fingerprint density at radius 2 is 1.82 bits per heavy atom. The Kier molecular flexibility index (Phi) is 5.46. The van der Waals surface area contributed by atoms with Crippen LogP contribution in [0.3, 0.4) is 0 Å². The standard InChI is InChI=1S/C15H32N2/c1-7-16-13(4)15(5,6)11-17(12(2)3)10-14-8-9-14/h12-14,16H,7-11H2,1-6H3. The van der Waals surface area contributed by atoms with E-state index in [-0.39, 0.29) is 0 Å². The number of hydrogen-bond acceptors (Lipinski definition) is 2. The van der Waals surface area contributed by atoms with Crippen LogP contribution >= 0.6 is 0 Å².